The third kappa shape index (κ3) is 2.97. The van der Waals surface area contributed by atoms with E-state index in [1.165, 1.54) is 9.13 Å². The van der Waals surface area contributed by atoms with Gasteiger partial charge in [0.05, 0.1) is 12.0 Å². The molecule has 1 aliphatic rings. The summed E-state index contributed by atoms with van der Waals surface area (Å²) in [5, 5.41) is -0.171. The van der Waals surface area contributed by atoms with Crippen LogP contribution in [0.2, 0.25) is 0 Å². The Morgan fingerprint density at radius 3 is 2.76 bits per heavy atom. The van der Waals surface area contributed by atoms with E-state index in [9.17, 15) is 0 Å². The molecule has 0 N–H and O–H groups in total. The second-order valence-electron chi connectivity index (χ2n) is 5.96. The number of alkyl halides is 1. The van der Waals surface area contributed by atoms with Crippen molar-refractivity contribution in [1.82, 2.24) is 0 Å². The van der Waals surface area contributed by atoms with E-state index in [0.717, 1.165) is 28.0 Å². The van der Waals surface area contributed by atoms with Gasteiger partial charge in [-0.3, -0.25) is 0 Å². The number of halogens is 3. The van der Waals surface area contributed by atoms with Gasteiger partial charge in [0.1, 0.15) is 5.75 Å². The van der Waals surface area contributed by atoms with Gasteiger partial charge in [0.2, 0.25) is 0 Å². The van der Waals surface area contributed by atoms with Gasteiger partial charge in [0, 0.05) is 19.0 Å². The van der Waals surface area contributed by atoms with Crippen LogP contribution in [-0.4, -0.2) is 6.61 Å². The van der Waals surface area contributed by atoms with Crippen LogP contribution in [0.4, 0.5) is 0 Å². The maximum atomic E-state index is 6.73. The number of benzene rings is 2. The zero-order chi connectivity index (χ0) is 15.2. The summed E-state index contributed by atoms with van der Waals surface area (Å²) in [4.78, 5) is 0. The summed E-state index contributed by atoms with van der Waals surface area (Å²) < 4.78 is 7.97. The van der Waals surface area contributed by atoms with E-state index < -0.39 is 0 Å². The molecule has 110 valence electrons. The van der Waals surface area contributed by atoms with Crippen LogP contribution in [-0.2, 0) is 5.41 Å². The van der Waals surface area contributed by atoms with Gasteiger partial charge in [0.25, 0.3) is 0 Å². The first-order chi connectivity index (χ1) is 9.88. The fourth-order valence-corrected chi connectivity index (χ4v) is 4.02. The van der Waals surface area contributed by atoms with Gasteiger partial charge in [0.15, 0.2) is 0 Å². The third-order valence-corrected chi connectivity index (χ3v) is 5.73. The van der Waals surface area contributed by atoms with E-state index in [1.54, 1.807) is 0 Å². The standard InChI is InChI=1S/C17H15BrClIO/c1-17(2)9-21-15-6-3-10(7-13(15)17)16(19)12-8-11(20)4-5-14(12)18/h3-8,16H,9H2,1-2H3. The topological polar surface area (TPSA) is 9.23 Å². The predicted octanol–water partition coefficient (Wildman–Crippen LogP) is 6.05. The molecule has 1 heterocycles. The zero-order valence-electron chi connectivity index (χ0n) is 11.8. The fourth-order valence-electron chi connectivity index (χ4n) is 2.58. The lowest BCUT2D eigenvalue weighted by atomic mass is 9.85. The average molecular weight is 478 g/mol. The summed E-state index contributed by atoms with van der Waals surface area (Å²) in [6.07, 6.45) is 0. The lowest BCUT2D eigenvalue weighted by Crippen LogP contribution is -2.18. The van der Waals surface area contributed by atoms with Crippen molar-refractivity contribution >= 4 is 50.1 Å². The fraction of sp³-hybridized carbons (Fsp3) is 0.294. The third-order valence-electron chi connectivity index (χ3n) is 3.85. The largest absolute Gasteiger partial charge is 0.492 e. The van der Waals surface area contributed by atoms with Gasteiger partial charge in [-0.1, -0.05) is 35.8 Å². The van der Waals surface area contributed by atoms with E-state index in [0.29, 0.717) is 0 Å². The van der Waals surface area contributed by atoms with Gasteiger partial charge in [-0.05, 0) is 64.0 Å². The molecule has 1 unspecified atom stereocenters. The molecule has 0 fully saturated rings. The molecule has 0 aliphatic carbocycles. The van der Waals surface area contributed by atoms with Crippen molar-refractivity contribution < 1.29 is 4.74 Å². The first-order valence-electron chi connectivity index (χ1n) is 6.75. The molecule has 0 aromatic heterocycles. The predicted molar refractivity (Wildman–Crippen MR) is 99.5 cm³/mol. The van der Waals surface area contributed by atoms with Gasteiger partial charge >= 0.3 is 0 Å². The SMILES string of the molecule is CC1(C)COc2ccc(C(Cl)c3cc(I)ccc3Br)cc21. The summed E-state index contributed by atoms with van der Waals surface area (Å²) in [5.41, 5.74) is 3.49. The molecule has 0 spiro atoms. The van der Waals surface area contributed by atoms with E-state index in [1.807, 2.05) is 12.1 Å². The Bertz CT molecular complexity index is 699. The lowest BCUT2D eigenvalue weighted by Gasteiger charge is -2.18. The maximum absolute atomic E-state index is 6.73. The minimum Gasteiger partial charge on any atom is -0.492 e. The van der Waals surface area contributed by atoms with E-state index in [4.69, 9.17) is 16.3 Å². The highest BCUT2D eigenvalue weighted by Crippen LogP contribution is 2.42. The highest BCUT2D eigenvalue weighted by atomic mass is 127. The van der Waals surface area contributed by atoms with Crippen LogP contribution < -0.4 is 4.74 Å². The molecule has 1 atom stereocenters. The maximum Gasteiger partial charge on any atom is 0.123 e. The highest BCUT2D eigenvalue weighted by Gasteiger charge is 2.32. The minimum absolute atomic E-state index is 0.0459. The Labute approximate surface area is 152 Å². The van der Waals surface area contributed by atoms with Crippen LogP contribution >= 0.6 is 50.1 Å². The molecule has 0 radical (unpaired) electrons. The average Bonchev–Trinajstić information content (AvgIpc) is 2.76. The molecule has 0 amide bonds. The smallest absolute Gasteiger partial charge is 0.123 e. The molecule has 21 heavy (non-hydrogen) atoms. The molecule has 2 aromatic rings. The van der Waals surface area contributed by atoms with Crippen molar-refractivity contribution in [1.29, 1.82) is 0 Å². The normalized spacial score (nSPS) is 17.2. The van der Waals surface area contributed by atoms with Crippen molar-refractivity contribution in [3.8, 4) is 5.75 Å². The van der Waals surface area contributed by atoms with Gasteiger partial charge in [-0.25, -0.2) is 0 Å². The first-order valence-corrected chi connectivity index (χ1v) is 9.05. The van der Waals surface area contributed by atoms with Crippen molar-refractivity contribution in [3.63, 3.8) is 0 Å². The van der Waals surface area contributed by atoms with Gasteiger partial charge in [-0.2, -0.15) is 0 Å². The quantitative estimate of drug-likeness (QED) is 0.378. The van der Waals surface area contributed by atoms with Gasteiger partial charge < -0.3 is 4.74 Å². The second kappa shape index (κ2) is 5.74. The molecular formula is C17H15BrClIO. The Morgan fingerprint density at radius 1 is 1.24 bits per heavy atom. The van der Waals surface area contributed by atoms with Gasteiger partial charge in [-0.15, -0.1) is 11.6 Å². The molecule has 2 aromatic carbocycles. The van der Waals surface area contributed by atoms with Crippen LogP contribution in [0.25, 0.3) is 0 Å². The zero-order valence-corrected chi connectivity index (χ0v) is 16.3. The monoisotopic (exact) mass is 476 g/mol. The molecule has 4 heteroatoms. The summed E-state index contributed by atoms with van der Waals surface area (Å²) in [5.74, 6) is 0.981. The summed E-state index contributed by atoms with van der Waals surface area (Å²) in [6.45, 7) is 5.13. The number of ether oxygens (including phenoxy) is 1. The van der Waals surface area contributed by atoms with E-state index in [2.05, 4.69) is 76.6 Å². The Balaban J connectivity index is 2.03. The first kappa shape index (κ1) is 15.6. The molecular weight excluding hydrogens is 462 g/mol. The summed E-state index contributed by atoms with van der Waals surface area (Å²) in [6, 6.07) is 12.5. The summed E-state index contributed by atoms with van der Waals surface area (Å²) >= 11 is 12.6. The highest BCUT2D eigenvalue weighted by molar-refractivity contribution is 14.1. The number of fused-ring (bicyclic) bond motifs is 1. The Morgan fingerprint density at radius 2 is 2.00 bits per heavy atom. The van der Waals surface area contributed by atoms with Crippen molar-refractivity contribution in [2.24, 2.45) is 0 Å². The van der Waals surface area contributed by atoms with Crippen LogP contribution in [0, 0.1) is 3.57 Å². The van der Waals surface area contributed by atoms with Crippen molar-refractivity contribution in [3.05, 3.63) is 61.1 Å². The molecule has 1 aliphatic heterocycles. The van der Waals surface area contributed by atoms with Crippen molar-refractivity contribution in [2.75, 3.05) is 6.61 Å². The van der Waals surface area contributed by atoms with Crippen molar-refractivity contribution in [2.45, 2.75) is 24.6 Å². The number of hydrogen-bond acceptors (Lipinski definition) is 1. The van der Waals surface area contributed by atoms with Crippen LogP contribution in [0.15, 0.2) is 40.9 Å². The molecule has 0 saturated heterocycles. The minimum atomic E-state index is -0.171. The number of rotatable bonds is 2. The van der Waals surface area contributed by atoms with Crippen LogP contribution in [0.5, 0.6) is 5.75 Å². The molecule has 3 rings (SSSR count). The molecule has 1 nitrogen and oxygen atoms in total. The van der Waals surface area contributed by atoms with Crippen LogP contribution in [0.1, 0.15) is 35.9 Å². The Hall–Kier alpha value is -0.260. The number of hydrogen-bond donors (Lipinski definition) is 0. The van der Waals surface area contributed by atoms with E-state index >= 15 is 0 Å². The van der Waals surface area contributed by atoms with E-state index in [-0.39, 0.29) is 10.8 Å². The molecule has 0 bridgehead atoms. The second-order valence-corrected chi connectivity index (χ2v) is 8.49. The Kier molecular flexibility index (Phi) is 4.27. The summed E-state index contributed by atoms with van der Waals surface area (Å²) in [7, 11) is 0. The molecule has 0 saturated carbocycles. The van der Waals surface area contributed by atoms with Crippen LogP contribution in [0.3, 0.4) is 0 Å². The lowest BCUT2D eigenvalue weighted by molar-refractivity contribution is 0.291.